The minimum Gasteiger partial charge on any atom is -0.356 e. The standard InChI is InChI=1S/C12H17F3N4/c1-2-16-11-17-9(12(13,14)15)8-10(18-11)19-6-4-3-5-7-19/h8H,2-7H2,1H3,(H,16,17,18). The van der Waals surface area contributed by atoms with Crippen LogP contribution in [0.25, 0.3) is 0 Å². The predicted octanol–water partition coefficient (Wildman–Crippen LogP) is 2.92. The zero-order chi connectivity index (χ0) is 13.9. The van der Waals surface area contributed by atoms with Gasteiger partial charge in [0.1, 0.15) is 5.82 Å². The normalized spacial score (nSPS) is 16.5. The highest BCUT2D eigenvalue weighted by Gasteiger charge is 2.34. The van der Waals surface area contributed by atoms with Gasteiger partial charge in [-0.1, -0.05) is 0 Å². The molecule has 1 aliphatic heterocycles. The molecule has 0 amide bonds. The van der Waals surface area contributed by atoms with Gasteiger partial charge in [-0.05, 0) is 26.2 Å². The van der Waals surface area contributed by atoms with E-state index in [9.17, 15) is 13.2 Å². The Morgan fingerprint density at radius 3 is 2.47 bits per heavy atom. The fourth-order valence-electron chi connectivity index (χ4n) is 2.10. The first-order chi connectivity index (χ1) is 9.00. The van der Waals surface area contributed by atoms with Crippen molar-refractivity contribution in [2.75, 3.05) is 29.9 Å². The summed E-state index contributed by atoms with van der Waals surface area (Å²) in [5.74, 6) is 0.399. The molecule has 0 radical (unpaired) electrons. The molecule has 0 saturated carbocycles. The quantitative estimate of drug-likeness (QED) is 0.920. The van der Waals surface area contributed by atoms with Crippen molar-refractivity contribution in [2.45, 2.75) is 32.4 Å². The molecule has 2 rings (SSSR count). The molecule has 1 fully saturated rings. The molecule has 0 bridgehead atoms. The molecule has 0 aliphatic carbocycles. The second kappa shape index (κ2) is 5.63. The summed E-state index contributed by atoms with van der Waals surface area (Å²) < 4.78 is 38.5. The van der Waals surface area contributed by atoms with E-state index in [1.165, 1.54) is 0 Å². The Morgan fingerprint density at radius 2 is 1.89 bits per heavy atom. The molecule has 1 saturated heterocycles. The lowest BCUT2D eigenvalue weighted by molar-refractivity contribution is -0.141. The van der Waals surface area contributed by atoms with Crippen LogP contribution < -0.4 is 10.2 Å². The maximum atomic E-state index is 12.8. The van der Waals surface area contributed by atoms with Crippen LogP contribution >= 0.6 is 0 Å². The largest absolute Gasteiger partial charge is 0.433 e. The fourth-order valence-corrected chi connectivity index (χ4v) is 2.10. The summed E-state index contributed by atoms with van der Waals surface area (Å²) in [6, 6.07) is 1.03. The Balaban J connectivity index is 2.33. The van der Waals surface area contributed by atoms with Gasteiger partial charge in [0.05, 0.1) is 0 Å². The van der Waals surface area contributed by atoms with Crippen molar-refractivity contribution < 1.29 is 13.2 Å². The molecule has 0 atom stereocenters. The number of nitrogens with zero attached hydrogens (tertiary/aromatic N) is 3. The highest BCUT2D eigenvalue weighted by Crippen LogP contribution is 2.31. The van der Waals surface area contributed by atoms with Crippen LogP contribution in [0, 0.1) is 0 Å². The van der Waals surface area contributed by atoms with Crippen LogP contribution in [0.3, 0.4) is 0 Å². The molecule has 19 heavy (non-hydrogen) atoms. The van der Waals surface area contributed by atoms with E-state index in [4.69, 9.17) is 0 Å². The Kier molecular flexibility index (Phi) is 4.11. The molecule has 4 nitrogen and oxygen atoms in total. The Hall–Kier alpha value is -1.53. The van der Waals surface area contributed by atoms with Gasteiger partial charge >= 0.3 is 6.18 Å². The molecule has 0 spiro atoms. The summed E-state index contributed by atoms with van der Waals surface area (Å²) >= 11 is 0. The molecule has 7 heteroatoms. The van der Waals surface area contributed by atoms with Crippen LogP contribution in [-0.4, -0.2) is 29.6 Å². The third kappa shape index (κ3) is 3.48. The van der Waals surface area contributed by atoms with Crippen LogP contribution in [0.4, 0.5) is 24.9 Å². The fraction of sp³-hybridized carbons (Fsp3) is 0.667. The van der Waals surface area contributed by atoms with E-state index >= 15 is 0 Å². The lowest BCUT2D eigenvalue weighted by Crippen LogP contribution is -2.31. The molecule has 2 heterocycles. The average molecular weight is 274 g/mol. The lowest BCUT2D eigenvalue weighted by atomic mass is 10.1. The van der Waals surface area contributed by atoms with Gasteiger partial charge in [-0.15, -0.1) is 0 Å². The molecular weight excluding hydrogens is 257 g/mol. The highest BCUT2D eigenvalue weighted by molar-refractivity contribution is 5.45. The van der Waals surface area contributed by atoms with E-state index in [2.05, 4.69) is 15.3 Å². The number of hydrogen-bond donors (Lipinski definition) is 1. The van der Waals surface area contributed by atoms with E-state index in [-0.39, 0.29) is 5.95 Å². The van der Waals surface area contributed by atoms with E-state index in [0.29, 0.717) is 12.4 Å². The number of alkyl halides is 3. The van der Waals surface area contributed by atoms with Gasteiger partial charge in [0.2, 0.25) is 5.95 Å². The third-order valence-corrected chi connectivity index (χ3v) is 3.02. The average Bonchev–Trinajstić information content (AvgIpc) is 2.39. The van der Waals surface area contributed by atoms with Crippen molar-refractivity contribution in [3.63, 3.8) is 0 Å². The number of anilines is 2. The van der Waals surface area contributed by atoms with E-state index in [1.807, 2.05) is 4.90 Å². The smallest absolute Gasteiger partial charge is 0.356 e. The van der Waals surface area contributed by atoms with Crippen LogP contribution in [0.2, 0.25) is 0 Å². The maximum Gasteiger partial charge on any atom is 0.433 e. The molecule has 1 aliphatic rings. The van der Waals surface area contributed by atoms with E-state index in [0.717, 1.165) is 38.4 Å². The molecular formula is C12H17F3N4. The van der Waals surface area contributed by atoms with Gasteiger partial charge in [-0.3, -0.25) is 0 Å². The highest BCUT2D eigenvalue weighted by atomic mass is 19.4. The van der Waals surface area contributed by atoms with Crippen molar-refractivity contribution in [1.29, 1.82) is 0 Å². The van der Waals surface area contributed by atoms with Gasteiger partial charge < -0.3 is 10.2 Å². The van der Waals surface area contributed by atoms with Crippen LogP contribution in [0.1, 0.15) is 31.9 Å². The van der Waals surface area contributed by atoms with Crippen molar-refractivity contribution in [3.05, 3.63) is 11.8 Å². The second-order valence-electron chi connectivity index (χ2n) is 4.51. The van der Waals surface area contributed by atoms with E-state index < -0.39 is 11.9 Å². The predicted molar refractivity (Wildman–Crippen MR) is 67.3 cm³/mol. The zero-order valence-electron chi connectivity index (χ0n) is 10.8. The number of aromatic nitrogens is 2. The number of piperidine rings is 1. The maximum absolute atomic E-state index is 12.8. The minimum atomic E-state index is -4.45. The van der Waals surface area contributed by atoms with Gasteiger partial charge in [-0.25, -0.2) is 4.98 Å². The minimum absolute atomic E-state index is 0.0397. The summed E-state index contributed by atoms with van der Waals surface area (Å²) in [7, 11) is 0. The number of nitrogens with one attached hydrogen (secondary N) is 1. The molecule has 1 N–H and O–H groups in total. The summed E-state index contributed by atoms with van der Waals surface area (Å²) in [6.45, 7) is 3.78. The second-order valence-corrected chi connectivity index (χ2v) is 4.51. The number of rotatable bonds is 3. The lowest BCUT2D eigenvalue weighted by Gasteiger charge is -2.28. The Morgan fingerprint density at radius 1 is 1.21 bits per heavy atom. The first-order valence-corrected chi connectivity index (χ1v) is 6.46. The molecule has 0 aromatic carbocycles. The Labute approximate surface area is 110 Å². The van der Waals surface area contributed by atoms with Crippen molar-refractivity contribution in [3.8, 4) is 0 Å². The summed E-state index contributed by atoms with van der Waals surface area (Å²) in [4.78, 5) is 9.57. The van der Waals surface area contributed by atoms with E-state index in [1.54, 1.807) is 6.92 Å². The first-order valence-electron chi connectivity index (χ1n) is 6.46. The molecule has 0 unspecified atom stereocenters. The molecule has 1 aromatic heterocycles. The summed E-state index contributed by atoms with van der Waals surface area (Å²) in [5, 5.41) is 2.75. The van der Waals surface area contributed by atoms with Crippen molar-refractivity contribution in [1.82, 2.24) is 9.97 Å². The number of hydrogen-bond acceptors (Lipinski definition) is 4. The van der Waals surface area contributed by atoms with Crippen LogP contribution in [-0.2, 0) is 6.18 Å². The van der Waals surface area contributed by atoms with Crippen LogP contribution in [0.15, 0.2) is 6.07 Å². The number of halogens is 3. The van der Waals surface area contributed by atoms with Crippen molar-refractivity contribution in [2.24, 2.45) is 0 Å². The molecule has 1 aromatic rings. The first kappa shape index (κ1) is 13.9. The topological polar surface area (TPSA) is 41.1 Å². The monoisotopic (exact) mass is 274 g/mol. The molecule has 106 valence electrons. The third-order valence-electron chi connectivity index (χ3n) is 3.02. The zero-order valence-corrected chi connectivity index (χ0v) is 10.8. The van der Waals surface area contributed by atoms with Gasteiger partial charge in [0, 0.05) is 25.7 Å². The van der Waals surface area contributed by atoms with Gasteiger partial charge in [0.15, 0.2) is 5.69 Å². The van der Waals surface area contributed by atoms with Crippen LogP contribution in [0.5, 0.6) is 0 Å². The van der Waals surface area contributed by atoms with Gasteiger partial charge in [0.25, 0.3) is 0 Å². The SMILES string of the molecule is CCNc1nc(N2CCCCC2)cc(C(F)(F)F)n1. The van der Waals surface area contributed by atoms with Gasteiger partial charge in [-0.2, -0.15) is 18.2 Å². The summed E-state index contributed by atoms with van der Waals surface area (Å²) in [6.07, 6.45) is -1.35. The van der Waals surface area contributed by atoms with Crippen molar-refractivity contribution >= 4 is 11.8 Å². The Bertz CT molecular complexity index is 427. The summed E-state index contributed by atoms with van der Waals surface area (Å²) in [5.41, 5.74) is -0.890.